The third-order valence-electron chi connectivity index (χ3n) is 2.55. The van der Waals surface area contributed by atoms with Crippen molar-refractivity contribution in [2.24, 2.45) is 0 Å². The van der Waals surface area contributed by atoms with Gasteiger partial charge in [0, 0.05) is 6.61 Å². The molecule has 0 saturated carbocycles. The highest BCUT2D eigenvalue weighted by Gasteiger charge is 1.86. The van der Waals surface area contributed by atoms with Gasteiger partial charge in [-0.1, -0.05) is 60.2 Å². The van der Waals surface area contributed by atoms with E-state index in [1.165, 1.54) is 11.1 Å². The first kappa shape index (κ1) is 14.4. The standard InChI is InChI=1S/2C8H10O/c1-7-2-4-8(6-9)5-3-7;9-7-6-8-4-2-1-3-5-8/h2-5,9H,6H2,1H3;1-5,9H,6-7H2. The van der Waals surface area contributed by atoms with Crippen molar-refractivity contribution in [3.63, 3.8) is 0 Å². The molecule has 0 radical (unpaired) electrons. The fourth-order valence-corrected chi connectivity index (χ4v) is 1.47. The lowest BCUT2D eigenvalue weighted by atomic mass is 10.2. The Balaban J connectivity index is 0.000000180. The smallest absolute Gasteiger partial charge is 0.0681 e. The van der Waals surface area contributed by atoms with Gasteiger partial charge in [0.25, 0.3) is 0 Å². The molecule has 2 heteroatoms. The third-order valence-corrected chi connectivity index (χ3v) is 2.55. The van der Waals surface area contributed by atoms with Crippen LogP contribution in [0.1, 0.15) is 16.7 Å². The van der Waals surface area contributed by atoms with Crippen LogP contribution < -0.4 is 0 Å². The highest BCUT2D eigenvalue weighted by molar-refractivity contribution is 5.20. The summed E-state index contributed by atoms with van der Waals surface area (Å²) >= 11 is 0. The summed E-state index contributed by atoms with van der Waals surface area (Å²) in [5, 5.41) is 17.1. The van der Waals surface area contributed by atoms with E-state index < -0.39 is 0 Å². The lowest BCUT2D eigenvalue weighted by Crippen LogP contribution is -1.88. The maximum absolute atomic E-state index is 8.63. The van der Waals surface area contributed by atoms with Crippen LogP contribution in [0.2, 0.25) is 0 Å². The molecular formula is C16H20O2. The lowest BCUT2D eigenvalue weighted by molar-refractivity contribution is 0.282. The predicted octanol–water partition coefficient (Wildman–Crippen LogP) is 2.71. The average molecular weight is 244 g/mol. The molecular weight excluding hydrogens is 224 g/mol. The molecule has 0 fully saturated rings. The zero-order valence-electron chi connectivity index (χ0n) is 10.7. The molecule has 0 aliphatic rings. The molecule has 2 aromatic rings. The molecule has 0 bridgehead atoms. The van der Waals surface area contributed by atoms with Crippen molar-refractivity contribution in [2.45, 2.75) is 20.0 Å². The Kier molecular flexibility index (Phi) is 6.77. The zero-order valence-corrected chi connectivity index (χ0v) is 10.7. The SMILES string of the molecule is Cc1ccc(CO)cc1.OCCc1ccccc1. The van der Waals surface area contributed by atoms with Crippen molar-refractivity contribution < 1.29 is 10.2 Å². The first-order chi connectivity index (χ1) is 8.76. The summed E-state index contributed by atoms with van der Waals surface area (Å²) in [7, 11) is 0. The highest BCUT2D eigenvalue weighted by Crippen LogP contribution is 2.01. The maximum Gasteiger partial charge on any atom is 0.0681 e. The Morgan fingerprint density at radius 1 is 0.778 bits per heavy atom. The van der Waals surface area contributed by atoms with Crippen LogP contribution in [-0.2, 0) is 13.0 Å². The molecule has 0 amide bonds. The Bertz CT molecular complexity index is 421. The normalized spacial score (nSPS) is 9.50. The zero-order chi connectivity index (χ0) is 13.2. The minimum Gasteiger partial charge on any atom is -0.396 e. The van der Waals surface area contributed by atoms with Crippen LogP contribution in [0, 0.1) is 6.92 Å². The Labute approximate surface area is 109 Å². The van der Waals surface area contributed by atoms with Gasteiger partial charge < -0.3 is 10.2 Å². The van der Waals surface area contributed by atoms with Crippen molar-refractivity contribution in [3.8, 4) is 0 Å². The second-order valence-electron chi connectivity index (χ2n) is 4.10. The number of aliphatic hydroxyl groups is 2. The number of aliphatic hydroxyl groups excluding tert-OH is 2. The van der Waals surface area contributed by atoms with Crippen molar-refractivity contribution in [3.05, 3.63) is 71.3 Å². The van der Waals surface area contributed by atoms with Gasteiger partial charge in [0.15, 0.2) is 0 Å². The topological polar surface area (TPSA) is 40.5 Å². The van der Waals surface area contributed by atoms with Crippen LogP contribution in [0.4, 0.5) is 0 Å². The molecule has 0 heterocycles. The van der Waals surface area contributed by atoms with Gasteiger partial charge in [0.05, 0.1) is 6.61 Å². The quantitative estimate of drug-likeness (QED) is 0.871. The fraction of sp³-hybridized carbons (Fsp3) is 0.250. The summed E-state index contributed by atoms with van der Waals surface area (Å²) in [4.78, 5) is 0. The van der Waals surface area contributed by atoms with Crippen LogP contribution in [0.25, 0.3) is 0 Å². The third kappa shape index (κ3) is 5.62. The van der Waals surface area contributed by atoms with Gasteiger partial charge in [0.2, 0.25) is 0 Å². The van der Waals surface area contributed by atoms with Crippen molar-refractivity contribution >= 4 is 0 Å². The van der Waals surface area contributed by atoms with E-state index in [0.717, 1.165) is 12.0 Å². The average Bonchev–Trinajstić information content (AvgIpc) is 2.42. The summed E-state index contributed by atoms with van der Waals surface area (Å²) in [6.07, 6.45) is 0.765. The summed E-state index contributed by atoms with van der Waals surface area (Å²) in [5.41, 5.74) is 3.40. The number of hydrogen-bond donors (Lipinski definition) is 2. The van der Waals surface area contributed by atoms with Crippen LogP contribution in [0.5, 0.6) is 0 Å². The van der Waals surface area contributed by atoms with Crippen LogP contribution in [0.15, 0.2) is 54.6 Å². The molecule has 18 heavy (non-hydrogen) atoms. The maximum atomic E-state index is 8.63. The van der Waals surface area contributed by atoms with E-state index in [1.807, 2.05) is 61.5 Å². The van der Waals surface area contributed by atoms with Gasteiger partial charge >= 0.3 is 0 Å². The molecule has 0 saturated heterocycles. The van der Waals surface area contributed by atoms with Crippen molar-refractivity contribution in [1.82, 2.24) is 0 Å². The number of benzene rings is 2. The second kappa shape index (κ2) is 8.45. The molecule has 2 N–H and O–H groups in total. The van der Waals surface area contributed by atoms with Crippen molar-refractivity contribution in [2.75, 3.05) is 6.61 Å². The molecule has 2 aromatic carbocycles. The number of aryl methyl sites for hydroxylation is 1. The Hall–Kier alpha value is -1.64. The summed E-state index contributed by atoms with van der Waals surface area (Å²) in [6.45, 7) is 2.41. The second-order valence-corrected chi connectivity index (χ2v) is 4.10. The molecule has 2 rings (SSSR count). The van der Waals surface area contributed by atoms with E-state index in [9.17, 15) is 0 Å². The largest absolute Gasteiger partial charge is 0.396 e. The summed E-state index contributed by atoms with van der Waals surface area (Å²) in [5.74, 6) is 0. The monoisotopic (exact) mass is 244 g/mol. The van der Waals surface area contributed by atoms with Gasteiger partial charge in [-0.2, -0.15) is 0 Å². The van der Waals surface area contributed by atoms with E-state index in [-0.39, 0.29) is 13.2 Å². The first-order valence-electron chi connectivity index (χ1n) is 6.07. The molecule has 0 spiro atoms. The predicted molar refractivity (Wildman–Crippen MR) is 74.3 cm³/mol. The molecule has 2 nitrogen and oxygen atoms in total. The van der Waals surface area contributed by atoms with Gasteiger partial charge in [-0.25, -0.2) is 0 Å². The summed E-state index contributed by atoms with van der Waals surface area (Å²) < 4.78 is 0. The highest BCUT2D eigenvalue weighted by atomic mass is 16.3. The molecule has 0 aliphatic heterocycles. The molecule has 0 aromatic heterocycles. The number of hydrogen-bond acceptors (Lipinski definition) is 2. The van der Waals surface area contributed by atoms with Crippen LogP contribution in [-0.4, -0.2) is 16.8 Å². The van der Waals surface area contributed by atoms with Gasteiger partial charge in [-0.3, -0.25) is 0 Å². The van der Waals surface area contributed by atoms with Crippen molar-refractivity contribution in [1.29, 1.82) is 0 Å². The minimum absolute atomic E-state index is 0.139. The number of rotatable bonds is 3. The van der Waals surface area contributed by atoms with Gasteiger partial charge in [-0.05, 0) is 24.5 Å². The Morgan fingerprint density at radius 2 is 1.39 bits per heavy atom. The minimum atomic E-state index is 0.139. The molecule has 0 atom stereocenters. The van der Waals surface area contributed by atoms with E-state index in [2.05, 4.69) is 0 Å². The lowest BCUT2D eigenvalue weighted by Gasteiger charge is -1.93. The summed E-state index contributed by atoms with van der Waals surface area (Å²) in [6, 6.07) is 17.8. The molecule has 96 valence electrons. The fourth-order valence-electron chi connectivity index (χ4n) is 1.47. The van der Waals surface area contributed by atoms with Crippen LogP contribution in [0.3, 0.4) is 0 Å². The Morgan fingerprint density at radius 3 is 1.89 bits per heavy atom. The van der Waals surface area contributed by atoms with Crippen LogP contribution >= 0.6 is 0 Å². The van der Waals surface area contributed by atoms with Gasteiger partial charge in [0.1, 0.15) is 0 Å². The van der Waals surface area contributed by atoms with E-state index in [0.29, 0.717) is 0 Å². The molecule has 0 aliphatic carbocycles. The molecule has 0 unspecified atom stereocenters. The van der Waals surface area contributed by atoms with E-state index >= 15 is 0 Å². The van der Waals surface area contributed by atoms with E-state index in [4.69, 9.17) is 10.2 Å². The van der Waals surface area contributed by atoms with Gasteiger partial charge in [-0.15, -0.1) is 0 Å². The first-order valence-corrected chi connectivity index (χ1v) is 6.07. The van der Waals surface area contributed by atoms with E-state index in [1.54, 1.807) is 0 Å².